The summed E-state index contributed by atoms with van der Waals surface area (Å²) in [5, 5.41) is 6.57. The first-order valence-electron chi connectivity index (χ1n) is 9.73. The van der Waals surface area contributed by atoms with Gasteiger partial charge in [-0.25, -0.2) is 15.0 Å². The number of aromatic nitrogens is 2. The number of carbonyl (C=O) groups is 1. The van der Waals surface area contributed by atoms with Crippen molar-refractivity contribution >= 4 is 18.4 Å². The quantitative estimate of drug-likeness (QED) is 0.449. The minimum atomic E-state index is 0.0108. The molecule has 0 spiro atoms. The van der Waals surface area contributed by atoms with Gasteiger partial charge in [0.25, 0.3) is 5.91 Å². The number of hydrogen-bond donors (Lipinski definition) is 2. The topological polar surface area (TPSA) is 82.5 Å². The van der Waals surface area contributed by atoms with E-state index in [1.165, 1.54) is 0 Å². The van der Waals surface area contributed by atoms with Crippen LogP contribution in [0.2, 0.25) is 0 Å². The molecule has 7 nitrogen and oxygen atoms in total. The third kappa shape index (κ3) is 3.93. The van der Waals surface area contributed by atoms with Crippen molar-refractivity contribution in [3.8, 4) is 0 Å². The highest BCUT2D eigenvalue weighted by molar-refractivity contribution is 5.98. The minimum absolute atomic E-state index is 0.0108. The third-order valence-electron chi connectivity index (χ3n) is 5.55. The molecular formula is C21H30N6O. The Morgan fingerprint density at radius 3 is 2.57 bits per heavy atom. The van der Waals surface area contributed by atoms with Gasteiger partial charge in [0, 0.05) is 35.8 Å². The summed E-state index contributed by atoms with van der Waals surface area (Å²) in [5.74, 6) is 1.55. The van der Waals surface area contributed by atoms with Crippen LogP contribution in [0.25, 0.3) is 0 Å². The number of hydrogen-bond acceptors (Lipinski definition) is 6. The van der Waals surface area contributed by atoms with E-state index in [0.29, 0.717) is 24.5 Å². The second-order valence-corrected chi connectivity index (χ2v) is 8.07. The molecule has 28 heavy (non-hydrogen) atoms. The Morgan fingerprint density at radius 1 is 1.29 bits per heavy atom. The minimum Gasteiger partial charge on any atom is -0.373 e. The van der Waals surface area contributed by atoms with Crippen molar-refractivity contribution in [3.05, 3.63) is 40.1 Å². The first-order valence-corrected chi connectivity index (χ1v) is 9.73. The van der Waals surface area contributed by atoms with Crippen LogP contribution in [0.5, 0.6) is 0 Å². The van der Waals surface area contributed by atoms with Gasteiger partial charge in [-0.1, -0.05) is 5.57 Å². The van der Waals surface area contributed by atoms with Crippen molar-refractivity contribution in [2.75, 3.05) is 18.9 Å². The maximum atomic E-state index is 13.4. The van der Waals surface area contributed by atoms with Crippen LogP contribution in [-0.2, 0) is 17.8 Å². The number of nitrogens with zero attached hydrogens (tertiary/aromatic N) is 4. The van der Waals surface area contributed by atoms with Gasteiger partial charge in [-0.3, -0.25) is 4.79 Å². The predicted octanol–water partition coefficient (Wildman–Crippen LogP) is 2.81. The average Bonchev–Trinajstić information content (AvgIpc) is 3.41. The van der Waals surface area contributed by atoms with Crippen LogP contribution in [0.4, 0.5) is 5.82 Å². The Balaban J connectivity index is 1.88. The largest absolute Gasteiger partial charge is 0.373 e. The summed E-state index contributed by atoms with van der Waals surface area (Å²) in [6.07, 6.45) is 4.49. The zero-order valence-electron chi connectivity index (χ0n) is 17.5. The molecule has 1 amide bonds. The molecule has 0 atom stereocenters. The summed E-state index contributed by atoms with van der Waals surface area (Å²) < 4.78 is 0. The lowest BCUT2D eigenvalue weighted by atomic mass is 9.98. The molecule has 3 rings (SSSR count). The fraction of sp³-hybridized carbons (Fsp3) is 0.524. The van der Waals surface area contributed by atoms with E-state index in [-0.39, 0.29) is 11.4 Å². The Hall–Kier alpha value is -2.70. The lowest BCUT2D eigenvalue weighted by Crippen LogP contribution is -2.38. The summed E-state index contributed by atoms with van der Waals surface area (Å²) in [6.45, 7) is 12.9. The van der Waals surface area contributed by atoms with Gasteiger partial charge in [0.05, 0.1) is 12.2 Å². The molecular weight excluding hydrogens is 352 g/mol. The molecule has 1 aliphatic carbocycles. The number of nitrogens with one attached hydrogen (secondary N) is 2. The highest BCUT2D eigenvalue weighted by Crippen LogP contribution is 2.36. The lowest BCUT2D eigenvalue weighted by Gasteiger charge is -2.30. The number of fused-ring (bicyclic) bond motifs is 1. The van der Waals surface area contributed by atoms with Crippen molar-refractivity contribution in [1.29, 1.82) is 0 Å². The van der Waals surface area contributed by atoms with Crippen molar-refractivity contribution < 1.29 is 4.79 Å². The van der Waals surface area contributed by atoms with Crippen LogP contribution in [0.1, 0.15) is 51.8 Å². The fourth-order valence-corrected chi connectivity index (χ4v) is 3.62. The second kappa shape index (κ2) is 7.73. The van der Waals surface area contributed by atoms with Crippen LogP contribution < -0.4 is 10.6 Å². The first-order chi connectivity index (χ1) is 13.3. The van der Waals surface area contributed by atoms with Gasteiger partial charge < -0.3 is 15.5 Å². The summed E-state index contributed by atoms with van der Waals surface area (Å²) in [4.78, 5) is 28.2. The van der Waals surface area contributed by atoms with E-state index in [1.54, 1.807) is 6.33 Å². The van der Waals surface area contributed by atoms with Gasteiger partial charge in [-0.2, -0.15) is 0 Å². The molecule has 2 N–H and O–H groups in total. The van der Waals surface area contributed by atoms with Gasteiger partial charge in [-0.05, 0) is 53.7 Å². The zero-order valence-corrected chi connectivity index (χ0v) is 17.5. The normalized spacial score (nSPS) is 17.8. The highest BCUT2D eigenvalue weighted by atomic mass is 16.2. The Morgan fingerprint density at radius 2 is 2.00 bits per heavy atom. The number of carbonyl (C=O) groups excluding carboxylic acids is 1. The van der Waals surface area contributed by atoms with E-state index in [2.05, 4.69) is 39.2 Å². The molecule has 0 saturated heterocycles. The zero-order chi connectivity index (χ0) is 20.5. The number of allylic oxidation sites excluding steroid dienone is 1. The highest BCUT2D eigenvalue weighted by Gasteiger charge is 2.38. The van der Waals surface area contributed by atoms with E-state index in [0.717, 1.165) is 47.5 Å². The van der Waals surface area contributed by atoms with Gasteiger partial charge in [0.2, 0.25) is 0 Å². The van der Waals surface area contributed by atoms with Crippen LogP contribution in [0, 0.1) is 0 Å². The van der Waals surface area contributed by atoms with E-state index in [4.69, 9.17) is 0 Å². The third-order valence-corrected chi connectivity index (χ3v) is 5.55. The standard InChI is InChI=1S/C21H30N6O/c1-13(2)17(14(3)18(22-5)26-21(4)8-9-21)20(28)27-10-7-15-16(11-27)24-12-25-19(15)23-6/h12,26H,5,7-11H2,1-4,6H3,(H,23,24,25)/b18-14-. The summed E-state index contributed by atoms with van der Waals surface area (Å²) in [5.41, 5.74) is 4.58. The van der Waals surface area contributed by atoms with Crippen molar-refractivity contribution in [2.45, 2.75) is 59.0 Å². The molecule has 1 aromatic rings. The van der Waals surface area contributed by atoms with Crippen LogP contribution in [0.15, 0.2) is 33.9 Å². The molecule has 2 heterocycles. The number of anilines is 1. The number of amides is 1. The van der Waals surface area contributed by atoms with Crippen molar-refractivity contribution in [1.82, 2.24) is 20.2 Å². The molecule has 1 fully saturated rings. The summed E-state index contributed by atoms with van der Waals surface area (Å²) in [7, 11) is 1.85. The molecule has 2 aliphatic rings. The van der Waals surface area contributed by atoms with Crippen LogP contribution >= 0.6 is 0 Å². The molecule has 0 radical (unpaired) electrons. The number of aliphatic imine (C=N–C) groups is 1. The van der Waals surface area contributed by atoms with E-state index < -0.39 is 0 Å². The molecule has 0 aromatic carbocycles. The van der Waals surface area contributed by atoms with E-state index >= 15 is 0 Å². The lowest BCUT2D eigenvalue weighted by molar-refractivity contribution is -0.127. The molecule has 0 bridgehead atoms. The summed E-state index contributed by atoms with van der Waals surface area (Å²) >= 11 is 0. The van der Waals surface area contributed by atoms with Crippen molar-refractivity contribution in [2.24, 2.45) is 4.99 Å². The van der Waals surface area contributed by atoms with Gasteiger partial charge in [0.1, 0.15) is 18.0 Å². The molecule has 0 unspecified atom stereocenters. The van der Waals surface area contributed by atoms with Crippen LogP contribution in [0.3, 0.4) is 0 Å². The van der Waals surface area contributed by atoms with Gasteiger partial charge in [0.15, 0.2) is 0 Å². The van der Waals surface area contributed by atoms with E-state index in [9.17, 15) is 4.79 Å². The Labute approximate surface area is 167 Å². The smallest absolute Gasteiger partial charge is 0.254 e. The summed E-state index contributed by atoms with van der Waals surface area (Å²) in [6, 6.07) is 0. The average molecular weight is 383 g/mol. The molecule has 7 heteroatoms. The maximum absolute atomic E-state index is 13.4. The molecule has 1 saturated carbocycles. The molecule has 1 aliphatic heterocycles. The molecule has 1 aromatic heterocycles. The SMILES string of the molecule is C=N/C(NC1(C)CC1)=C(\C)C(C(=O)N1CCc2c(ncnc2NC)C1)=C(C)C. The number of rotatable bonds is 6. The van der Waals surface area contributed by atoms with E-state index in [1.807, 2.05) is 32.7 Å². The predicted molar refractivity (Wildman–Crippen MR) is 112 cm³/mol. The maximum Gasteiger partial charge on any atom is 0.254 e. The Kier molecular flexibility index (Phi) is 5.54. The van der Waals surface area contributed by atoms with Crippen LogP contribution in [-0.4, -0.2) is 46.6 Å². The van der Waals surface area contributed by atoms with Gasteiger partial charge in [-0.15, -0.1) is 0 Å². The van der Waals surface area contributed by atoms with Crippen molar-refractivity contribution in [3.63, 3.8) is 0 Å². The Bertz CT molecular complexity index is 862. The molecule has 150 valence electrons. The fourth-order valence-electron chi connectivity index (χ4n) is 3.62. The second-order valence-electron chi connectivity index (χ2n) is 8.07. The van der Waals surface area contributed by atoms with Gasteiger partial charge >= 0.3 is 0 Å². The first kappa shape index (κ1) is 20.0. The monoisotopic (exact) mass is 382 g/mol.